The second kappa shape index (κ2) is 10.9. The topological polar surface area (TPSA) is 91.4 Å². The number of ether oxygens (including phenoxy) is 2. The van der Waals surface area contributed by atoms with Crippen LogP contribution in [0.3, 0.4) is 0 Å². The molecule has 0 aliphatic carbocycles. The number of piperidine rings is 2. The van der Waals surface area contributed by atoms with E-state index in [4.69, 9.17) is 9.47 Å². The molecule has 1 aromatic carbocycles. The van der Waals surface area contributed by atoms with Gasteiger partial charge in [-0.3, -0.25) is 24.3 Å². The van der Waals surface area contributed by atoms with Gasteiger partial charge in [-0.25, -0.2) is 4.79 Å². The standard InChI is InChI=1S/C22H28N4O5.2ClH/c27-20-21(28)26(22(29)25(20)15-7-9-23-10-8-15)16-4-3-11-24(12-16)13-17-14-30-18-5-1-2-6-19(18)31-17;;/h1-2,5-6,15-17,23H,3-4,7-14H2;2*1H/t16-,17-;;/m0../s1. The minimum absolute atomic E-state index is 0. The molecule has 0 spiro atoms. The number of carbonyl (C=O) groups excluding carboxylic acids is 3. The Balaban J connectivity index is 0.00000153. The molecular weight excluding hydrogens is 471 g/mol. The van der Waals surface area contributed by atoms with Crippen LogP contribution in [0.25, 0.3) is 0 Å². The summed E-state index contributed by atoms with van der Waals surface area (Å²) in [6.45, 7) is 4.01. The van der Waals surface area contributed by atoms with Gasteiger partial charge in [-0.2, -0.15) is 0 Å². The lowest BCUT2D eigenvalue weighted by atomic mass is 10.0. The monoisotopic (exact) mass is 500 g/mol. The lowest BCUT2D eigenvalue weighted by Crippen LogP contribution is -2.53. The summed E-state index contributed by atoms with van der Waals surface area (Å²) < 4.78 is 11.9. The molecule has 0 saturated carbocycles. The van der Waals surface area contributed by atoms with Gasteiger partial charge >= 0.3 is 17.8 Å². The molecule has 33 heavy (non-hydrogen) atoms. The van der Waals surface area contributed by atoms with Crippen LogP contribution in [0.15, 0.2) is 24.3 Å². The second-order valence-electron chi connectivity index (χ2n) is 8.67. The number of imide groups is 2. The van der Waals surface area contributed by atoms with Gasteiger partial charge in [0.2, 0.25) is 0 Å². The number of amides is 4. The highest BCUT2D eigenvalue weighted by atomic mass is 35.5. The molecule has 4 amide bonds. The maximum atomic E-state index is 13.1. The minimum atomic E-state index is -0.679. The fourth-order valence-electron chi connectivity index (χ4n) is 5.05. The first kappa shape index (κ1) is 25.6. The van der Waals surface area contributed by atoms with Gasteiger partial charge in [0.05, 0.1) is 6.04 Å². The Bertz CT molecular complexity index is 882. The van der Waals surface area contributed by atoms with E-state index in [-0.39, 0.29) is 43.0 Å². The van der Waals surface area contributed by atoms with Crippen LogP contribution in [-0.4, -0.2) is 90.1 Å². The number of hydrogen-bond donors (Lipinski definition) is 1. The van der Waals surface area contributed by atoms with E-state index in [2.05, 4.69) is 10.2 Å². The molecule has 9 nitrogen and oxygen atoms in total. The van der Waals surface area contributed by atoms with Crippen LogP contribution in [0.5, 0.6) is 11.5 Å². The smallest absolute Gasteiger partial charge is 0.334 e. The van der Waals surface area contributed by atoms with E-state index in [1.807, 2.05) is 24.3 Å². The summed E-state index contributed by atoms with van der Waals surface area (Å²) in [4.78, 5) is 43.1. The summed E-state index contributed by atoms with van der Waals surface area (Å²) in [6.07, 6.45) is 2.83. The van der Waals surface area contributed by atoms with E-state index in [1.165, 1.54) is 9.80 Å². The number of fused-ring (bicyclic) bond motifs is 1. The summed E-state index contributed by atoms with van der Waals surface area (Å²) in [5.41, 5.74) is 0. The molecule has 2 atom stereocenters. The van der Waals surface area contributed by atoms with Crippen LogP contribution >= 0.6 is 24.8 Å². The summed E-state index contributed by atoms with van der Waals surface area (Å²) in [7, 11) is 0. The predicted molar refractivity (Wildman–Crippen MR) is 125 cm³/mol. The highest BCUT2D eigenvalue weighted by Gasteiger charge is 2.50. The van der Waals surface area contributed by atoms with Gasteiger partial charge in [-0.1, -0.05) is 12.1 Å². The molecule has 5 rings (SSSR count). The number of benzene rings is 1. The van der Waals surface area contributed by atoms with Gasteiger partial charge in [0, 0.05) is 19.1 Å². The molecule has 4 aliphatic rings. The molecule has 0 radical (unpaired) electrons. The summed E-state index contributed by atoms with van der Waals surface area (Å²) in [6, 6.07) is 6.68. The molecule has 11 heteroatoms. The molecule has 4 heterocycles. The third kappa shape index (κ3) is 5.06. The molecule has 3 fully saturated rings. The first-order chi connectivity index (χ1) is 15.1. The van der Waals surface area contributed by atoms with Gasteiger partial charge < -0.3 is 14.8 Å². The largest absolute Gasteiger partial charge is 0.486 e. The number of nitrogens with zero attached hydrogens (tertiary/aromatic N) is 3. The Labute approximate surface area is 205 Å². The number of hydrogen-bond acceptors (Lipinski definition) is 7. The Hall–Kier alpha value is -2.07. The quantitative estimate of drug-likeness (QED) is 0.496. The fraction of sp³-hybridized carbons (Fsp3) is 0.591. The Kier molecular flexibility index (Phi) is 8.44. The molecule has 0 aromatic heterocycles. The molecule has 4 aliphatic heterocycles. The van der Waals surface area contributed by atoms with E-state index < -0.39 is 17.8 Å². The van der Waals surface area contributed by atoms with Crippen molar-refractivity contribution in [3.8, 4) is 11.5 Å². The highest BCUT2D eigenvalue weighted by molar-refractivity contribution is 6.44. The van der Waals surface area contributed by atoms with E-state index in [0.717, 1.165) is 37.6 Å². The number of likely N-dealkylation sites (tertiary alicyclic amines) is 1. The van der Waals surface area contributed by atoms with E-state index in [9.17, 15) is 14.4 Å². The van der Waals surface area contributed by atoms with Crippen molar-refractivity contribution in [3.63, 3.8) is 0 Å². The number of para-hydroxylation sites is 2. The SMILES string of the molecule is Cl.Cl.O=C1C(=O)N([C@H]2CCCN(C[C@H]3COc4ccccc4O3)C2)C(=O)N1C1CCNCC1. The summed E-state index contributed by atoms with van der Waals surface area (Å²) in [5, 5.41) is 3.23. The number of halogens is 2. The third-order valence-electron chi connectivity index (χ3n) is 6.58. The van der Waals surface area contributed by atoms with Crippen molar-refractivity contribution < 1.29 is 23.9 Å². The summed E-state index contributed by atoms with van der Waals surface area (Å²) in [5.74, 6) is 0.136. The van der Waals surface area contributed by atoms with Gasteiger partial charge in [0.1, 0.15) is 12.7 Å². The van der Waals surface area contributed by atoms with Crippen LogP contribution in [0.1, 0.15) is 25.7 Å². The van der Waals surface area contributed by atoms with Crippen molar-refractivity contribution in [2.24, 2.45) is 0 Å². The average Bonchev–Trinajstić information content (AvgIpc) is 3.02. The van der Waals surface area contributed by atoms with Crippen LogP contribution < -0.4 is 14.8 Å². The molecule has 182 valence electrons. The zero-order chi connectivity index (χ0) is 21.4. The first-order valence-electron chi connectivity index (χ1n) is 11.1. The van der Waals surface area contributed by atoms with Crippen molar-refractivity contribution in [3.05, 3.63) is 24.3 Å². The second-order valence-corrected chi connectivity index (χ2v) is 8.67. The molecule has 1 aromatic rings. The van der Waals surface area contributed by atoms with E-state index in [1.54, 1.807) is 0 Å². The number of carbonyl (C=O) groups is 3. The van der Waals surface area contributed by atoms with Crippen molar-refractivity contribution in [2.75, 3.05) is 39.3 Å². The Morgan fingerprint density at radius 3 is 2.30 bits per heavy atom. The van der Waals surface area contributed by atoms with Crippen molar-refractivity contribution in [1.29, 1.82) is 0 Å². The van der Waals surface area contributed by atoms with Gasteiger partial charge in [-0.15, -0.1) is 24.8 Å². The summed E-state index contributed by atoms with van der Waals surface area (Å²) >= 11 is 0. The van der Waals surface area contributed by atoms with Crippen LogP contribution in [-0.2, 0) is 9.59 Å². The normalized spacial score (nSPS) is 26.1. The Morgan fingerprint density at radius 1 is 0.909 bits per heavy atom. The third-order valence-corrected chi connectivity index (χ3v) is 6.58. The first-order valence-corrected chi connectivity index (χ1v) is 11.1. The zero-order valence-electron chi connectivity index (χ0n) is 18.3. The van der Waals surface area contributed by atoms with Crippen molar-refractivity contribution in [1.82, 2.24) is 20.0 Å². The number of nitrogens with one attached hydrogen (secondary N) is 1. The van der Waals surface area contributed by atoms with E-state index in [0.29, 0.717) is 39.0 Å². The maximum absolute atomic E-state index is 13.1. The Morgan fingerprint density at radius 2 is 1.58 bits per heavy atom. The van der Waals surface area contributed by atoms with Crippen LogP contribution in [0.4, 0.5) is 4.79 Å². The molecule has 0 bridgehead atoms. The highest BCUT2D eigenvalue weighted by Crippen LogP contribution is 2.32. The number of urea groups is 1. The zero-order valence-corrected chi connectivity index (χ0v) is 19.9. The predicted octanol–water partition coefficient (Wildman–Crippen LogP) is 1.68. The van der Waals surface area contributed by atoms with Crippen molar-refractivity contribution >= 4 is 42.7 Å². The van der Waals surface area contributed by atoms with Crippen LogP contribution in [0.2, 0.25) is 0 Å². The molecular formula is C22H30Cl2N4O5. The molecule has 3 saturated heterocycles. The number of rotatable bonds is 4. The average molecular weight is 501 g/mol. The van der Waals surface area contributed by atoms with Gasteiger partial charge in [0.25, 0.3) is 0 Å². The van der Waals surface area contributed by atoms with Crippen LogP contribution in [0, 0.1) is 0 Å². The van der Waals surface area contributed by atoms with E-state index >= 15 is 0 Å². The molecule has 1 N–H and O–H groups in total. The maximum Gasteiger partial charge on any atom is 0.334 e. The van der Waals surface area contributed by atoms with Gasteiger partial charge in [-0.05, 0) is 57.5 Å². The fourth-order valence-corrected chi connectivity index (χ4v) is 5.05. The lowest BCUT2D eigenvalue weighted by Gasteiger charge is -2.38. The van der Waals surface area contributed by atoms with Gasteiger partial charge in [0.15, 0.2) is 11.5 Å². The minimum Gasteiger partial charge on any atom is -0.486 e. The lowest BCUT2D eigenvalue weighted by molar-refractivity contribution is -0.145. The van der Waals surface area contributed by atoms with Crippen molar-refractivity contribution in [2.45, 2.75) is 43.9 Å². The molecule has 0 unspecified atom stereocenters.